The van der Waals surface area contributed by atoms with Crippen LogP contribution in [0.4, 0.5) is 0 Å². The molecule has 1 unspecified atom stereocenters. The number of ether oxygens (including phenoxy) is 3. The molecule has 1 aromatic carbocycles. The maximum atomic E-state index is 12.5. The zero-order valence-electron chi connectivity index (χ0n) is 18.6. The molecule has 1 N–H and O–H groups in total. The van der Waals surface area contributed by atoms with Gasteiger partial charge in [0.15, 0.2) is 0 Å². The van der Waals surface area contributed by atoms with E-state index in [1.807, 2.05) is 0 Å². The van der Waals surface area contributed by atoms with Gasteiger partial charge in [-0.3, -0.25) is 4.90 Å². The van der Waals surface area contributed by atoms with Crippen LogP contribution in [-0.4, -0.2) is 50.3 Å². The minimum Gasteiger partial charge on any atom is -0.504 e. The Hall–Kier alpha value is -2.47. The number of fused-ring (bicyclic) bond motifs is 5. The van der Waals surface area contributed by atoms with E-state index in [0.29, 0.717) is 11.5 Å². The topological polar surface area (TPSA) is 63.8 Å². The molecule has 0 radical (unpaired) electrons. The number of carbonyl (C=O) groups excluding carboxylic acids is 1. The Morgan fingerprint density at radius 2 is 2.10 bits per heavy atom. The molecule has 30 heavy (non-hydrogen) atoms. The normalized spacial score (nSPS) is 24.3. The van der Waals surface area contributed by atoms with E-state index in [4.69, 9.17) is 14.2 Å². The summed E-state index contributed by atoms with van der Waals surface area (Å²) in [5.74, 6) is 1.14. The molecular formula is C24H32N2O4. The summed E-state index contributed by atoms with van der Waals surface area (Å²) in [7, 11) is 4.76. The predicted octanol–water partition coefficient (Wildman–Crippen LogP) is 4.13. The molecule has 0 aliphatic carbocycles. The predicted molar refractivity (Wildman–Crippen MR) is 117 cm³/mol. The minimum atomic E-state index is -0.293. The number of nitrogens with zero attached hydrogens (tertiary/aromatic N) is 1. The summed E-state index contributed by atoms with van der Waals surface area (Å²) in [4.78, 5) is 18.8. The lowest BCUT2D eigenvalue weighted by Gasteiger charge is -2.46. The van der Waals surface area contributed by atoms with Crippen LogP contribution in [0.3, 0.4) is 0 Å². The lowest BCUT2D eigenvalue weighted by atomic mass is 9.74. The van der Waals surface area contributed by atoms with E-state index in [1.54, 1.807) is 20.5 Å². The highest BCUT2D eigenvalue weighted by Crippen LogP contribution is 2.47. The van der Waals surface area contributed by atoms with Crippen molar-refractivity contribution in [3.8, 4) is 5.75 Å². The van der Waals surface area contributed by atoms with Gasteiger partial charge in [0.05, 0.1) is 39.2 Å². The van der Waals surface area contributed by atoms with Crippen molar-refractivity contribution in [1.82, 2.24) is 9.88 Å². The lowest BCUT2D eigenvalue weighted by Crippen LogP contribution is -2.47. The third-order valence-corrected chi connectivity index (χ3v) is 6.89. The van der Waals surface area contributed by atoms with Gasteiger partial charge in [-0.1, -0.05) is 13.3 Å². The zero-order chi connectivity index (χ0) is 21.4. The summed E-state index contributed by atoms with van der Waals surface area (Å²) in [5, 5.41) is 1.20. The number of hydrogen-bond donors (Lipinski definition) is 1. The number of H-pyrrole nitrogens is 1. The van der Waals surface area contributed by atoms with E-state index < -0.39 is 0 Å². The van der Waals surface area contributed by atoms with Gasteiger partial charge in [-0.2, -0.15) is 0 Å². The number of methoxy groups -OCH3 is 3. The smallest absolute Gasteiger partial charge is 0.337 e. The highest BCUT2D eigenvalue weighted by molar-refractivity contribution is 5.92. The molecule has 6 nitrogen and oxygen atoms in total. The third kappa shape index (κ3) is 3.37. The van der Waals surface area contributed by atoms with Crippen LogP contribution in [0.25, 0.3) is 10.9 Å². The van der Waals surface area contributed by atoms with E-state index in [0.717, 1.165) is 43.6 Å². The van der Waals surface area contributed by atoms with Crippen LogP contribution < -0.4 is 4.74 Å². The van der Waals surface area contributed by atoms with Crippen LogP contribution >= 0.6 is 0 Å². The van der Waals surface area contributed by atoms with Gasteiger partial charge in [0.1, 0.15) is 5.75 Å². The summed E-state index contributed by atoms with van der Waals surface area (Å²) < 4.78 is 16.1. The summed E-state index contributed by atoms with van der Waals surface area (Å²) in [6, 6.07) is 4.54. The van der Waals surface area contributed by atoms with Crippen molar-refractivity contribution in [2.45, 2.75) is 39.2 Å². The first kappa shape index (κ1) is 20.8. The number of hydrogen-bond acceptors (Lipinski definition) is 5. The molecule has 2 aromatic rings. The standard InChI is InChI=1S/C24H32N2O4/c1-6-15-12-26-8-7-16-22-19(9-14(2)10-21(22)29-4)25-23(16)20(26)11-17(15)18(13-28-3)24(27)30-5/h9-10,13,15,17,20,25H,6-8,11-12H2,1-5H3/b18-13+/t15-,17+,20?/m1/s1. The van der Waals surface area contributed by atoms with Crippen LogP contribution in [0, 0.1) is 18.8 Å². The molecule has 0 bridgehead atoms. The summed E-state index contributed by atoms with van der Waals surface area (Å²) in [6.07, 6.45) is 4.46. The quantitative estimate of drug-likeness (QED) is 0.454. The fourth-order valence-electron chi connectivity index (χ4n) is 5.49. The molecule has 2 aliphatic heterocycles. The molecule has 3 atom stereocenters. The molecule has 1 aromatic heterocycles. The lowest BCUT2D eigenvalue weighted by molar-refractivity contribution is -0.137. The van der Waals surface area contributed by atoms with E-state index in [9.17, 15) is 4.79 Å². The first-order chi connectivity index (χ1) is 14.5. The maximum Gasteiger partial charge on any atom is 0.337 e. The largest absolute Gasteiger partial charge is 0.504 e. The second kappa shape index (κ2) is 8.34. The van der Waals surface area contributed by atoms with E-state index in [-0.39, 0.29) is 17.9 Å². The monoisotopic (exact) mass is 412 g/mol. The highest BCUT2D eigenvalue weighted by Gasteiger charge is 2.42. The molecule has 6 heteroatoms. The van der Waals surface area contributed by atoms with Gasteiger partial charge in [0.2, 0.25) is 0 Å². The van der Waals surface area contributed by atoms with Gasteiger partial charge in [0.25, 0.3) is 0 Å². The van der Waals surface area contributed by atoms with Crippen molar-refractivity contribution in [2.24, 2.45) is 11.8 Å². The highest BCUT2D eigenvalue weighted by atomic mass is 16.5. The Morgan fingerprint density at radius 1 is 1.30 bits per heavy atom. The van der Waals surface area contributed by atoms with Crippen molar-refractivity contribution >= 4 is 16.9 Å². The summed E-state index contributed by atoms with van der Waals surface area (Å²) in [5.41, 5.74) is 5.57. The molecule has 162 valence electrons. The van der Waals surface area contributed by atoms with Crippen molar-refractivity contribution in [3.63, 3.8) is 0 Å². The van der Waals surface area contributed by atoms with Crippen molar-refractivity contribution in [3.05, 3.63) is 40.8 Å². The summed E-state index contributed by atoms with van der Waals surface area (Å²) >= 11 is 0. The number of esters is 1. The van der Waals surface area contributed by atoms with Crippen molar-refractivity contribution < 1.29 is 19.0 Å². The van der Waals surface area contributed by atoms with Crippen molar-refractivity contribution in [2.75, 3.05) is 34.4 Å². The number of aryl methyl sites for hydroxylation is 1. The number of carbonyl (C=O) groups is 1. The molecule has 1 saturated heterocycles. The molecule has 0 saturated carbocycles. The Balaban J connectivity index is 1.78. The van der Waals surface area contributed by atoms with E-state index in [1.165, 1.54) is 29.3 Å². The molecule has 0 amide bonds. The average molecular weight is 413 g/mol. The Kier molecular flexibility index (Phi) is 5.78. The SMILES string of the molecule is CC[C@@H]1CN2CCc3c([nH]c4cc(C)cc(OC)c34)C2C[C@@H]1/C(=C\OC)C(=O)OC. The van der Waals surface area contributed by atoms with E-state index >= 15 is 0 Å². The third-order valence-electron chi connectivity index (χ3n) is 6.89. The first-order valence-electron chi connectivity index (χ1n) is 10.8. The molecule has 2 aliphatic rings. The number of aromatic nitrogens is 1. The zero-order valence-corrected chi connectivity index (χ0v) is 18.6. The summed E-state index contributed by atoms with van der Waals surface area (Å²) in [6.45, 7) is 6.28. The second-order valence-corrected chi connectivity index (χ2v) is 8.48. The van der Waals surface area contributed by atoms with Gasteiger partial charge < -0.3 is 19.2 Å². The number of rotatable bonds is 5. The molecule has 3 heterocycles. The Bertz CT molecular complexity index is 977. The fourth-order valence-corrected chi connectivity index (χ4v) is 5.49. The van der Waals surface area contributed by atoms with Crippen LogP contribution in [0.2, 0.25) is 0 Å². The van der Waals surface area contributed by atoms with Gasteiger partial charge in [-0.05, 0) is 54.9 Å². The van der Waals surface area contributed by atoms with Gasteiger partial charge in [-0.25, -0.2) is 4.79 Å². The van der Waals surface area contributed by atoms with Crippen LogP contribution in [0.1, 0.15) is 42.6 Å². The number of piperidine rings is 1. The Labute approximate surface area is 178 Å². The second-order valence-electron chi connectivity index (χ2n) is 8.48. The molecule has 1 fully saturated rings. The average Bonchev–Trinajstić information content (AvgIpc) is 3.14. The number of aromatic amines is 1. The fraction of sp³-hybridized carbons (Fsp3) is 0.542. The molecule has 4 rings (SSSR count). The van der Waals surface area contributed by atoms with Crippen LogP contribution in [-0.2, 0) is 20.7 Å². The number of nitrogens with one attached hydrogen (secondary N) is 1. The minimum absolute atomic E-state index is 0.102. The van der Waals surface area contributed by atoms with E-state index in [2.05, 4.69) is 35.9 Å². The first-order valence-corrected chi connectivity index (χ1v) is 10.8. The van der Waals surface area contributed by atoms with Crippen LogP contribution in [0.15, 0.2) is 24.0 Å². The number of benzene rings is 1. The van der Waals surface area contributed by atoms with Gasteiger partial charge in [0, 0.05) is 29.7 Å². The van der Waals surface area contributed by atoms with Crippen molar-refractivity contribution in [1.29, 1.82) is 0 Å². The van der Waals surface area contributed by atoms with Crippen LogP contribution in [0.5, 0.6) is 5.75 Å². The maximum absolute atomic E-state index is 12.5. The molecule has 0 spiro atoms. The molecular weight excluding hydrogens is 380 g/mol. The van der Waals surface area contributed by atoms with Gasteiger partial charge >= 0.3 is 5.97 Å². The Morgan fingerprint density at radius 3 is 2.77 bits per heavy atom. The van der Waals surface area contributed by atoms with Gasteiger partial charge in [-0.15, -0.1) is 0 Å².